The summed E-state index contributed by atoms with van der Waals surface area (Å²) >= 11 is 2.84. The van der Waals surface area contributed by atoms with Crippen molar-refractivity contribution >= 4 is 47.1 Å². The minimum absolute atomic E-state index is 0.126. The van der Waals surface area contributed by atoms with Gasteiger partial charge in [0.05, 0.1) is 12.6 Å². The molecule has 0 saturated carbocycles. The largest absolute Gasteiger partial charge is 0.477 e. The molecule has 0 bridgehead atoms. The van der Waals surface area contributed by atoms with Crippen molar-refractivity contribution in [2.75, 3.05) is 12.4 Å². The summed E-state index contributed by atoms with van der Waals surface area (Å²) < 4.78 is 0. The number of oxime groups is 1. The third-order valence-electron chi connectivity index (χ3n) is 3.91. The number of thiophene rings is 1. The molecule has 8 nitrogen and oxygen atoms in total. The highest BCUT2D eigenvalue weighted by Gasteiger charge is 2.54. The summed E-state index contributed by atoms with van der Waals surface area (Å²) in [6.45, 7) is 3.69. The normalized spacial score (nSPS) is 21.6. The van der Waals surface area contributed by atoms with Crippen molar-refractivity contribution in [3.05, 3.63) is 46.3 Å². The lowest BCUT2D eigenvalue weighted by molar-refractivity contribution is -0.150. The van der Waals surface area contributed by atoms with Crippen molar-refractivity contribution in [3.8, 4) is 0 Å². The van der Waals surface area contributed by atoms with Gasteiger partial charge in [-0.15, -0.1) is 23.1 Å². The molecule has 0 unspecified atom stereocenters. The van der Waals surface area contributed by atoms with Crippen LogP contribution in [-0.2, 0) is 25.6 Å². The molecule has 2 atom stereocenters. The Bertz CT molecular complexity index is 819. The van der Waals surface area contributed by atoms with E-state index < -0.39 is 23.3 Å². The van der Waals surface area contributed by atoms with Crippen LogP contribution in [0.15, 0.2) is 46.6 Å². The fraction of sp³-hybridized carbons (Fsp3) is 0.294. The molecule has 0 aliphatic carbocycles. The Kier molecular flexibility index (Phi) is 5.97. The Labute approximate surface area is 163 Å². The van der Waals surface area contributed by atoms with Gasteiger partial charge < -0.3 is 15.3 Å². The second-order valence-corrected chi connectivity index (χ2v) is 7.85. The van der Waals surface area contributed by atoms with E-state index in [9.17, 15) is 19.5 Å². The Hall–Kier alpha value is -2.59. The third-order valence-corrected chi connectivity index (χ3v) is 6.09. The van der Waals surface area contributed by atoms with Crippen molar-refractivity contribution in [2.45, 2.75) is 17.8 Å². The quantitative estimate of drug-likeness (QED) is 0.221. The van der Waals surface area contributed by atoms with Gasteiger partial charge in [-0.1, -0.05) is 23.9 Å². The number of nitrogens with zero attached hydrogens (tertiary/aromatic N) is 2. The third kappa shape index (κ3) is 4.06. The van der Waals surface area contributed by atoms with Crippen molar-refractivity contribution < 1.29 is 24.3 Å². The van der Waals surface area contributed by atoms with Gasteiger partial charge in [0, 0.05) is 16.2 Å². The van der Waals surface area contributed by atoms with Crippen molar-refractivity contribution in [1.82, 2.24) is 10.2 Å². The van der Waals surface area contributed by atoms with Crippen LogP contribution >= 0.6 is 23.1 Å². The van der Waals surface area contributed by atoms with E-state index in [1.807, 2.05) is 17.5 Å². The van der Waals surface area contributed by atoms with Gasteiger partial charge in [-0.2, -0.15) is 0 Å². The fourth-order valence-electron chi connectivity index (χ4n) is 2.73. The topological polar surface area (TPSA) is 108 Å². The van der Waals surface area contributed by atoms with Crippen LogP contribution in [0.4, 0.5) is 0 Å². The summed E-state index contributed by atoms with van der Waals surface area (Å²) in [5.41, 5.74) is 0.253. The van der Waals surface area contributed by atoms with E-state index in [2.05, 4.69) is 17.1 Å². The summed E-state index contributed by atoms with van der Waals surface area (Å²) in [5, 5.41) is 17.4. The molecular weight excluding hydrogens is 390 g/mol. The van der Waals surface area contributed by atoms with E-state index in [0.717, 1.165) is 4.88 Å². The Morgan fingerprint density at radius 1 is 1.52 bits per heavy atom. The number of hydrogen-bond donors (Lipinski definition) is 2. The first kappa shape index (κ1) is 19.2. The van der Waals surface area contributed by atoms with E-state index in [1.54, 1.807) is 0 Å². The number of aliphatic carboxylic acids is 1. The predicted molar refractivity (Wildman–Crippen MR) is 102 cm³/mol. The lowest BCUT2D eigenvalue weighted by atomic mass is 10.0. The fourth-order valence-corrected chi connectivity index (χ4v) is 4.74. The zero-order valence-electron chi connectivity index (χ0n) is 14.2. The van der Waals surface area contributed by atoms with Gasteiger partial charge in [-0.25, -0.2) is 4.79 Å². The van der Waals surface area contributed by atoms with Crippen molar-refractivity contribution in [1.29, 1.82) is 0 Å². The zero-order chi connectivity index (χ0) is 19.4. The minimum atomic E-state index is -1.22. The number of rotatable bonds is 8. The second-order valence-electron chi connectivity index (χ2n) is 5.71. The number of carbonyl (C=O) groups excluding carboxylic acids is 2. The molecule has 1 saturated heterocycles. The number of hydrogen-bond acceptors (Lipinski definition) is 7. The number of amides is 2. The second kappa shape index (κ2) is 8.40. The number of fused-ring (bicyclic) bond motifs is 1. The monoisotopic (exact) mass is 407 g/mol. The molecule has 10 heteroatoms. The average Bonchev–Trinajstić information content (AvgIpc) is 3.15. The summed E-state index contributed by atoms with van der Waals surface area (Å²) in [4.78, 5) is 43.3. The summed E-state index contributed by atoms with van der Waals surface area (Å²) in [6, 6.07) is 2.97. The minimum Gasteiger partial charge on any atom is -0.477 e. The lowest BCUT2D eigenvalue weighted by Gasteiger charge is -2.49. The van der Waals surface area contributed by atoms with Crippen LogP contribution in [0.3, 0.4) is 0 Å². The van der Waals surface area contributed by atoms with E-state index in [1.165, 1.54) is 40.3 Å². The van der Waals surface area contributed by atoms with Crippen LogP contribution in [0.5, 0.6) is 0 Å². The number of β-lactam (4-membered cyclic amide) rings is 1. The molecule has 1 aromatic heterocycles. The molecule has 3 heterocycles. The molecule has 0 spiro atoms. The highest BCUT2D eigenvalue weighted by Crippen LogP contribution is 2.39. The highest BCUT2D eigenvalue weighted by atomic mass is 32.2. The molecule has 2 aliphatic rings. The average molecular weight is 407 g/mol. The maximum absolute atomic E-state index is 12.5. The van der Waals surface area contributed by atoms with Gasteiger partial charge in [-0.3, -0.25) is 14.5 Å². The SMILES string of the molecule is C=CCO/N=C/C1=C(C(=O)O)N2C(=O)[C@@H](NC(=O)Cc3cccs3)[C@H]2SC1. The van der Waals surface area contributed by atoms with Crippen LogP contribution < -0.4 is 5.32 Å². The van der Waals surface area contributed by atoms with Crippen molar-refractivity contribution in [2.24, 2.45) is 5.16 Å². The summed E-state index contributed by atoms with van der Waals surface area (Å²) in [7, 11) is 0. The smallest absolute Gasteiger partial charge is 0.353 e. The first-order valence-electron chi connectivity index (χ1n) is 8.02. The van der Waals surface area contributed by atoms with Crippen LogP contribution in [0.1, 0.15) is 4.88 Å². The maximum Gasteiger partial charge on any atom is 0.353 e. The van der Waals surface area contributed by atoms with Crippen LogP contribution in [-0.4, -0.2) is 57.8 Å². The first-order chi connectivity index (χ1) is 13.0. The predicted octanol–water partition coefficient (Wildman–Crippen LogP) is 1.22. The van der Waals surface area contributed by atoms with Gasteiger partial charge in [0.2, 0.25) is 5.91 Å². The molecule has 2 aliphatic heterocycles. The van der Waals surface area contributed by atoms with Crippen LogP contribution in [0.25, 0.3) is 0 Å². The molecule has 2 amide bonds. The molecule has 1 aromatic rings. The molecule has 2 N–H and O–H groups in total. The highest BCUT2D eigenvalue weighted by molar-refractivity contribution is 8.00. The lowest BCUT2D eigenvalue weighted by Crippen LogP contribution is -2.70. The molecule has 1 fully saturated rings. The number of carbonyl (C=O) groups is 3. The zero-order valence-corrected chi connectivity index (χ0v) is 15.8. The van der Waals surface area contributed by atoms with Gasteiger partial charge in [-0.05, 0) is 11.4 Å². The van der Waals surface area contributed by atoms with Gasteiger partial charge >= 0.3 is 5.97 Å². The Morgan fingerprint density at radius 3 is 3.00 bits per heavy atom. The molecule has 3 rings (SSSR count). The number of carboxylic acids is 1. The molecule has 142 valence electrons. The molecule has 0 aromatic carbocycles. The maximum atomic E-state index is 12.5. The summed E-state index contributed by atoms with van der Waals surface area (Å²) in [5.74, 6) is -1.58. The van der Waals surface area contributed by atoms with Gasteiger partial charge in [0.25, 0.3) is 5.91 Å². The Morgan fingerprint density at radius 2 is 2.33 bits per heavy atom. The standard InChI is InChI=1S/C17H17N3O5S2/c1-2-5-25-18-8-10-9-27-16-13(15(22)20(16)14(10)17(23)24)19-12(21)7-11-4-3-6-26-11/h2-4,6,8,13,16H,1,5,7,9H2,(H,19,21)(H,23,24)/b18-8+/t13-,16-/m1/s1. The number of thioether (sulfide) groups is 1. The molecule has 0 radical (unpaired) electrons. The van der Waals surface area contributed by atoms with E-state index in [-0.39, 0.29) is 24.6 Å². The number of carboxylic acid groups (broad SMARTS) is 1. The molecule has 27 heavy (non-hydrogen) atoms. The van der Waals surface area contributed by atoms with Crippen molar-refractivity contribution in [3.63, 3.8) is 0 Å². The summed E-state index contributed by atoms with van der Waals surface area (Å²) in [6.07, 6.45) is 3.00. The number of nitrogens with one attached hydrogen (secondary N) is 1. The van der Waals surface area contributed by atoms with Crippen LogP contribution in [0.2, 0.25) is 0 Å². The molecular formula is C17H17N3O5S2. The Balaban J connectivity index is 1.69. The van der Waals surface area contributed by atoms with Crippen LogP contribution in [0, 0.1) is 0 Å². The van der Waals surface area contributed by atoms with E-state index >= 15 is 0 Å². The van der Waals surface area contributed by atoms with E-state index in [4.69, 9.17) is 4.84 Å². The van der Waals surface area contributed by atoms with Gasteiger partial charge in [0.15, 0.2) is 0 Å². The van der Waals surface area contributed by atoms with Gasteiger partial charge in [0.1, 0.15) is 23.7 Å². The van der Waals surface area contributed by atoms with E-state index in [0.29, 0.717) is 11.3 Å². The first-order valence-corrected chi connectivity index (χ1v) is 9.95.